The summed E-state index contributed by atoms with van der Waals surface area (Å²) < 4.78 is 3.33. The number of fused-ring (bicyclic) bond motifs is 1. The fraction of sp³-hybridized carbons (Fsp3) is 0.562. The van der Waals surface area contributed by atoms with E-state index in [1.807, 2.05) is 19.1 Å². The first-order valence-corrected chi connectivity index (χ1v) is 8.37. The predicted octanol–water partition coefficient (Wildman–Crippen LogP) is 4.69. The SMILES string of the molecule is CC(Cl)c1nc2ccc(Br)cc2n1CC(C)(C)CN(C)C. The second kappa shape index (κ2) is 6.27. The maximum atomic E-state index is 6.35. The van der Waals surface area contributed by atoms with Crippen molar-refractivity contribution in [1.82, 2.24) is 14.5 Å². The number of benzene rings is 1. The molecule has 0 spiro atoms. The second-order valence-corrected chi connectivity index (χ2v) is 8.28. The zero-order chi connectivity index (χ0) is 15.8. The number of imidazole rings is 1. The van der Waals surface area contributed by atoms with Crippen LogP contribution in [0.25, 0.3) is 11.0 Å². The second-order valence-electron chi connectivity index (χ2n) is 6.71. The first kappa shape index (κ1) is 16.8. The molecule has 2 aromatic rings. The van der Waals surface area contributed by atoms with Gasteiger partial charge in [-0.15, -0.1) is 11.6 Å². The van der Waals surface area contributed by atoms with E-state index >= 15 is 0 Å². The average Bonchev–Trinajstić information content (AvgIpc) is 2.65. The van der Waals surface area contributed by atoms with Gasteiger partial charge in [0.15, 0.2) is 0 Å². The first-order valence-electron chi connectivity index (χ1n) is 7.14. The fourth-order valence-electron chi connectivity index (χ4n) is 2.92. The zero-order valence-electron chi connectivity index (χ0n) is 13.3. The monoisotopic (exact) mass is 371 g/mol. The van der Waals surface area contributed by atoms with Gasteiger partial charge in [0.05, 0.1) is 16.4 Å². The lowest BCUT2D eigenvalue weighted by Gasteiger charge is -2.30. The van der Waals surface area contributed by atoms with Crippen molar-refractivity contribution in [3.8, 4) is 0 Å². The van der Waals surface area contributed by atoms with Crippen LogP contribution in [0, 0.1) is 5.41 Å². The van der Waals surface area contributed by atoms with Crippen molar-refractivity contribution in [3.05, 3.63) is 28.5 Å². The highest BCUT2D eigenvalue weighted by molar-refractivity contribution is 9.10. The largest absolute Gasteiger partial charge is 0.326 e. The van der Waals surface area contributed by atoms with Gasteiger partial charge in [-0.25, -0.2) is 4.98 Å². The van der Waals surface area contributed by atoms with Crippen LogP contribution in [-0.4, -0.2) is 35.1 Å². The molecule has 1 aromatic heterocycles. The van der Waals surface area contributed by atoms with E-state index < -0.39 is 0 Å². The Balaban J connectivity index is 2.49. The molecule has 0 aliphatic heterocycles. The molecule has 21 heavy (non-hydrogen) atoms. The summed E-state index contributed by atoms with van der Waals surface area (Å²) in [5.41, 5.74) is 2.28. The third-order valence-electron chi connectivity index (χ3n) is 3.43. The van der Waals surface area contributed by atoms with E-state index in [-0.39, 0.29) is 10.8 Å². The minimum Gasteiger partial charge on any atom is -0.326 e. The molecular weight excluding hydrogens is 350 g/mol. The van der Waals surface area contributed by atoms with Crippen LogP contribution >= 0.6 is 27.5 Å². The minimum atomic E-state index is -0.105. The van der Waals surface area contributed by atoms with E-state index in [4.69, 9.17) is 16.6 Å². The Labute approximate surface area is 140 Å². The third-order valence-corrected chi connectivity index (χ3v) is 4.11. The summed E-state index contributed by atoms with van der Waals surface area (Å²) in [7, 11) is 4.21. The number of rotatable bonds is 5. The molecule has 0 bridgehead atoms. The summed E-state index contributed by atoms with van der Waals surface area (Å²) in [4.78, 5) is 6.93. The molecule has 5 heteroatoms. The first-order chi connectivity index (χ1) is 9.69. The van der Waals surface area contributed by atoms with Crippen LogP contribution in [0.15, 0.2) is 22.7 Å². The fourth-order valence-corrected chi connectivity index (χ4v) is 3.43. The minimum absolute atomic E-state index is 0.105. The van der Waals surface area contributed by atoms with E-state index in [1.165, 1.54) is 0 Å². The van der Waals surface area contributed by atoms with Gasteiger partial charge in [-0.1, -0.05) is 29.8 Å². The van der Waals surface area contributed by atoms with Gasteiger partial charge in [0.25, 0.3) is 0 Å². The molecule has 1 unspecified atom stereocenters. The molecule has 3 nitrogen and oxygen atoms in total. The zero-order valence-corrected chi connectivity index (χ0v) is 15.7. The maximum Gasteiger partial charge on any atom is 0.127 e. The van der Waals surface area contributed by atoms with Gasteiger partial charge < -0.3 is 9.47 Å². The summed E-state index contributed by atoms with van der Waals surface area (Å²) >= 11 is 9.90. The predicted molar refractivity (Wildman–Crippen MR) is 94.0 cm³/mol. The number of alkyl halides is 1. The molecule has 0 N–H and O–H groups in total. The van der Waals surface area contributed by atoms with Gasteiger partial charge in [0.1, 0.15) is 5.82 Å². The number of nitrogens with zero attached hydrogens (tertiary/aromatic N) is 3. The molecule has 0 aliphatic rings. The quantitative estimate of drug-likeness (QED) is 0.710. The third kappa shape index (κ3) is 3.99. The maximum absolute atomic E-state index is 6.35. The van der Waals surface area contributed by atoms with Crippen LogP contribution in [0.4, 0.5) is 0 Å². The molecule has 0 saturated heterocycles. The smallest absolute Gasteiger partial charge is 0.127 e. The van der Waals surface area contributed by atoms with E-state index in [1.54, 1.807) is 0 Å². The summed E-state index contributed by atoms with van der Waals surface area (Å²) in [5.74, 6) is 0.941. The van der Waals surface area contributed by atoms with Gasteiger partial charge in [0, 0.05) is 17.6 Å². The molecular formula is C16H23BrClN3. The molecule has 1 aromatic carbocycles. The highest BCUT2D eigenvalue weighted by Crippen LogP contribution is 2.30. The number of halogens is 2. The Morgan fingerprint density at radius 2 is 2.05 bits per heavy atom. The molecule has 1 heterocycles. The van der Waals surface area contributed by atoms with Crippen LogP contribution < -0.4 is 0 Å². The lowest BCUT2D eigenvalue weighted by Crippen LogP contribution is -2.32. The van der Waals surface area contributed by atoms with Crippen LogP contribution in [0.5, 0.6) is 0 Å². The van der Waals surface area contributed by atoms with E-state index in [9.17, 15) is 0 Å². The van der Waals surface area contributed by atoms with Crippen LogP contribution in [0.3, 0.4) is 0 Å². The molecule has 0 fully saturated rings. The van der Waals surface area contributed by atoms with Crippen LogP contribution in [0.2, 0.25) is 0 Å². The van der Waals surface area contributed by atoms with E-state index in [0.717, 1.165) is 34.4 Å². The van der Waals surface area contributed by atoms with Crippen molar-refractivity contribution in [3.63, 3.8) is 0 Å². The molecule has 0 radical (unpaired) electrons. The molecule has 2 rings (SSSR count). The summed E-state index contributed by atoms with van der Waals surface area (Å²) in [6.07, 6.45) is 0. The van der Waals surface area contributed by atoms with E-state index in [0.29, 0.717) is 0 Å². The average molecular weight is 373 g/mol. The number of aromatic nitrogens is 2. The van der Waals surface area contributed by atoms with Crippen molar-refractivity contribution in [2.45, 2.75) is 32.7 Å². The van der Waals surface area contributed by atoms with Gasteiger partial charge in [-0.05, 0) is 44.6 Å². The molecule has 0 saturated carbocycles. The van der Waals surface area contributed by atoms with Gasteiger partial charge in [-0.2, -0.15) is 0 Å². The highest BCUT2D eigenvalue weighted by atomic mass is 79.9. The van der Waals surface area contributed by atoms with Crippen molar-refractivity contribution in [1.29, 1.82) is 0 Å². The lowest BCUT2D eigenvalue weighted by atomic mass is 9.92. The Bertz CT molecular complexity index is 632. The normalized spacial score (nSPS) is 14.1. The van der Waals surface area contributed by atoms with Gasteiger partial charge in [0.2, 0.25) is 0 Å². The Kier molecular flexibility index (Phi) is 5.01. The molecule has 0 aliphatic carbocycles. The summed E-state index contributed by atoms with van der Waals surface area (Å²) in [6.45, 7) is 8.44. The lowest BCUT2D eigenvalue weighted by molar-refractivity contribution is 0.211. The van der Waals surface area contributed by atoms with E-state index in [2.05, 4.69) is 59.4 Å². The number of hydrogen-bond donors (Lipinski definition) is 0. The Morgan fingerprint density at radius 3 is 2.62 bits per heavy atom. The van der Waals surface area contributed by atoms with Crippen LogP contribution in [-0.2, 0) is 6.54 Å². The Morgan fingerprint density at radius 1 is 1.38 bits per heavy atom. The number of hydrogen-bond acceptors (Lipinski definition) is 2. The van der Waals surface area contributed by atoms with Crippen molar-refractivity contribution < 1.29 is 0 Å². The van der Waals surface area contributed by atoms with Crippen molar-refractivity contribution in [2.75, 3.05) is 20.6 Å². The highest BCUT2D eigenvalue weighted by Gasteiger charge is 2.24. The van der Waals surface area contributed by atoms with Crippen molar-refractivity contribution in [2.24, 2.45) is 5.41 Å². The van der Waals surface area contributed by atoms with Gasteiger partial charge >= 0.3 is 0 Å². The molecule has 116 valence electrons. The van der Waals surface area contributed by atoms with Crippen molar-refractivity contribution >= 4 is 38.6 Å². The molecule has 0 amide bonds. The molecule has 1 atom stereocenters. The topological polar surface area (TPSA) is 21.1 Å². The summed E-state index contributed by atoms with van der Waals surface area (Å²) in [6, 6.07) is 6.18. The standard InChI is InChI=1S/C16H23BrClN3/c1-11(18)15-19-13-7-6-12(17)8-14(13)21(15)10-16(2,3)9-20(4)5/h6-8,11H,9-10H2,1-5H3. The van der Waals surface area contributed by atoms with Gasteiger partial charge in [-0.3, -0.25) is 0 Å². The Hall–Kier alpha value is -0.580. The summed E-state index contributed by atoms with van der Waals surface area (Å²) in [5, 5.41) is -0.105. The van der Waals surface area contributed by atoms with Crippen LogP contribution in [0.1, 0.15) is 32.0 Å².